The molecule has 16 heavy (non-hydrogen) atoms. The van der Waals surface area contributed by atoms with Crippen LogP contribution in [-0.4, -0.2) is 16.5 Å². The van der Waals surface area contributed by atoms with Crippen LogP contribution in [0.5, 0.6) is 0 Å². The van der Waals surface area contributed by atoms with Crippen LogP contribution in [0.4, 0.5) is 5.69 Å². The molecule has 1 aromatic carbocycles. The highest BCUT2D eigenvalue weighted by atomic mass is 32.2. The quantitative estimate of drug-likeness (QED) is 0.271. The van der Waals surface area contributed by atoms with Crippen LogP contribution in [0.1, 0.15) is 6.92 Å². The Hall–Kier alpha value is -1.56. The van der Waals surface area contributed by atoms with Gasteiger partial charge in [-0.3, -0.25) is 15.5 Å². The molecule has 0 bridgehead atoms. The number of nitrogens with one attached hydrogen (secondary N) is 1. The molecular formula is C10H13N3O2S. The molecule has 0 aliphatic heterocycles. The van der Waals surface area contributed by atoms with Crippen molar-refractivity contribution in [1.29, 1.82) is 5.41 Å². The number of benzene rings is 1. The molecule has 0 aliphatic carbocycles. The Balaban J connectivity index is 2.74. The van der Waals surface area contributed by atoms with E-state index in [0.717, 1.165) is 0 Å². The highest BCUT2D eigenvalue weighted by Gasteiger charge is 2.14. The lowest BCUT2D eigenvalue weighted by molar-refractivity contribution is -0.387. The Morgan fingerprint density at radius 3 is 2.81 bits per heavy atom. The lowest BCUT2D eigenvalue weighted by Gasteiger charge is -2.08. The highest BCUT2D eigenvalue weighted by molar-refractivity contribution is 7.99. The van der Waals surface area contributed by atoms with Gasteiger partial charge in [-0.15, -0.1) is 11.8 Å². The molecule has 0 heterocycles. The zero-order valence-electron chi connectivity index (χ0n) is 8.84. The minimum absolute atomic E-state index is 0.0789. The molecule has 1 atom stereocenters. The zero-order chi connectivity index (χ0) is 12.1. The average Bonchev–Trinajstić information content (AvgIpc) is 2.25. The van der Waals surface area contributed by atoms with Crippen molar-refractivity contribution in [3.05, 3.63) is 34.4 Å². The van der Waals surface area contributed by atoms with Crippen LogP contribution in [0.3, 0.4) is 0 Å². The summed E-state index contributed by atoms with van der Waals surface area (Å²) in [7, 11) is 0. The second-order valence-corrected chi connectivity index (χ2v) is 4.45. The minimum Gasteiger partial charge on any atom is -0.387 e. The van der Waals surface area contributed by atoms with Crippen LogP contribution < -0.4 is 5.73 Å². The number of nitrogens with zero attached hydrogens (tertiary/aromatic N) is 1. The Kier molecular flexibility index (Phi) is 4.30. The van der Waals surface area contributed by atoms with Gasteiger partial charge in [-0.05, 0) is 6.07 Å². The van der Waals surface area contributed by atoms with E-state index in [4.69, 9.17) is 11.1 Å². The normalized spacial score (nSPS) is 12.1. The molecule has 1 unspecified atom stereocenters. The van der Waals surface area contributed by atoms with Crippen LogP contribution in [0.25, 0.3) is 0 Å². The van der Waals surface area contributed by atoms with Gasteiger partial charge < -0.3 is 5.73 Å². The fraction of sp³-hybridized carbons (Fsp3) is 0.300. The zero-order valence-corrected chi connectivity index (χ0v) is 9.66. The number of nitro groups is 1. The molecular weight excluding hydrogens is 226 g/mol. The molecule has 5 nitrogen and oxygen atoms in total. The van der Waals surface area contributed by atoms with Gasteiger partial charge in [0.15, 0.2) is 0 Å². The topological polar surface area (TPSA) is 93.0 Å². The number of thioether (sulfide) groups is 1. The summed E-state index contributed by atoms with van der Waals surface area (Å²) in [5.41, 5.74) is 5.43. The molecule has 1 aromatic rings. The van der Waals surface area contributed by atoms with Crippen molar-refractivity contribution < 1.29 is 4.92 Å². The van der Waals surface area contributed by atoms with Gasteiger partial charge >= 0.3 is 0 Å². The van der Waals surface area contributed by atoms with Crippen molar-refractivity contribution in [2.24, 2.45) is 11.7 Å². The third kappa shape index (κ3) is 3.23. The molecule has 0 saturated heterocycles. The lowest BCUT2D eigenvalue weighted by atomic mass is 10.2. The number of nitrogens with two attached hydrogens (primary N) is 1. The van der Waals surface area contributed by atoms with E-state index in [1.807, 2.05) is 6.92 Å². The molecule has 1 rings (SSSR count). The monoisotopic (exact) mass is 239 g/mol. The van der Waals surface area contributed by atoms with Crippen molar-refractivity contribution in [3.63, 3.8) is 0 Å². The van der Waals surface area contributed by atoms with E-state index in [0.29, 0.717) is 10.6 Å². The maximum Gasteiger partial charge on any atom is 0.282 e. The number of hydrogen-bond donors (Lipinski definition) is 2. The van der Waals surface area contributed by atoms with Crippen LogP contribution in [0.2, 0.25) is 0 Å². The number of hydrogen-bond acceptors (Lipinski definition) is 4. The van der Waals surface area contributed by atoms with Crippen LogP contribution >= 0.6 is 11.8 Å². The fourth-order valence-electron chi connectivity index (χ4n) is 1.03. The van der Waals surface area contributed by atoms with E-state index in [1.54, 1.807) is 18.2 Å². The molecule has 0 amide bonds. The first-order valence-corrected chi connectivity index (χ1v) is 5.71. The second kappa shape index (κ2) is 5.50. The summed E-state index contributed by atoms with van der Waals surface area (Å²) in [6, 6.07) is 6.57. The van der Waals surface area contributed by atoms with Gasteiger partial charge in [0.25, 0.3) is 5.69 Å². The smallest absolute Gasteiger partial charge is 0.282 e. The number of amidine groups is 1. The van der Waals surface area contributed by atoms with Crippen LogP contribution in [0.15, 0.2) is 29.2 Å². The average molecular weight is 239 g/mol. The summed E-state index contributed by atoms with van der Waals surface area (Å²) in [6.07, 6.45) is 0. The SMILES string of the molecule is CC(CSc1ccccc1[N+](=O)[O-])C(=N)N. The third-order valence-corrected chi connectivity index (χ3v) is 3.40. The summed E-state index contributed by atoms with van der Waals surface area (Å²) in [4.78, 5) is 10.9. The Morgan fingerprint density at radius 2 is 2.25 bits per heavy atom. The Morgan fingerprint density at radius 1 is 1.62 bits per heavy atom. The lowest BCUT2D eigenvalue weighted by Crippen LogP contribution is -2.21. The second-order valence-electron chi connectivity index (χ2n) is 3.39. The molecule has 0 spiro atoms. The molecule has 6 heteroatoms. The molecule has 86 valence electrons. The first-order valence-electron chi connectivity index (χ1n) is 4.72. The van der Waals surface area contributed by atoms with Gasteiger partial charge in [0.2, 0.25) is 0 Å². The standard InChI is InChI=1S/C10H13N3O2S/c1-7(10(11)12)6-16-9-5-3-2-4-8(9)13(14)15/h2-5,7H,6H2,1H3,(H3,11,12). The molecule has 0 aromatic heterocycles. The van der Waals surface area contributed by atoms with Gasteiger partial charge in [-0.25, -0.2) is 0 Å². The van der Waals surface area contributed by atoms with Crippen molar-refractivity contribution in [3.8, 4) is 0 Å². The Labute approximate surface area is 97.7 Å². The van der Waals surface area contributed by atoms with Crippen molar-refractivity contribution in [2.75, 3.05) is 5.75 Å². The van der Waals surface area contributed by atoms with Gasteiger partial charge in [-0.1, -0.05) is 19.1 Å². The predicted molar refractivity (Wildman–Crippen MR) is 64.9 cm³/mol. The van der Waals surface area contributed by atoms with Gasteiger partial charge in [-0.2, -0.15) is 0 Å². The first kappa shape index (κ1) is 12.5. The van der Waals surface area contributed by atoms with Gasteiger partial charge in [0.05, 0.1) is 15.7 Å². The summed E-state index contributed by atoms with van der Waals surface area (Å²) in [5, 5.41) is 18.0. The largest absolute Gasteiger partial charge is 0.387 e. The van der Waals surface area contributed by atoms with E-state index in [9.17, 15) is 10.1 Å². The Bertz CT molecular complexity index is 409. The van der Waals surface area contributed by atoms with E-state index < -0.39 is 4.92 Å². The number of para-hydroxylation sites is 1. The number of rotatable bonds is 5. The first-order chi connectivity index (χ1) is 7.52. The van der Waals surface area contributed by atoms with Crippen molar-refractivity contribution >= 4 is 23.3 Å². The third-order valence-electron chi connectivity index (χ3n) is 2.08. The van der Waals surface area contributed by atoms with Gasteiger partial charge in [0, 0.05) is 17.7 Å². The summed E-state index contributed by atoms with van der Waals surface area (Å²) < 4.78 is 0. The van der Waals surface area contributed by atoms with E-state index in [2.05, 4.69) is 0 Å². The maximum absolute atomic E-state index is 10.7. The molecule has 3 N–H and O–H groups in total. The minimum atomic E-state index is -0.402. The van der Waals surface area contributed by atoms with E-state index in [-0.39, 0.29) is 17.4 Å². The summed E-state index contributed by atoms with van der Waals surface area (Å²) in [5.74, 6) is 0.594. The molecule has 0 radical (unpaired) electrons. The van der Waals surface area contributed by atoms with Crippen molar-refractivity contribution in [2.45, 2.75) is 11.8 Å². The summed E-state index contributed by atoms with van der Waals surface area (Å²) in [6.45, 7) is 1.82. The summed E-state index contributed by atoms with van der Waals surface area (Å²) >= 11 is 1.35. The van der Waals surface area contributed by atoms with Gasteiger partial charge in [0.1, 0.15) is 0 Å². The van der Waals surface area contributed by atoms with Crippen molar-refractivity contribution in [1.82, 2.24) is 0 Å². The fourth-order valence-corrected chi connectivity index (χ4v) is 2.11. The molecule has 0 saturated carbocycles. The molecule has 0 fully saturated rings. The highest BCUT2D eigenvalue weighted by Crippen LogP contribution is 2.29. The van der Waals surface area contributed by atoms with E-state index >= 15 is 0 Å². The predicted octanol–water partition coefficient (Wildman–Crippen LogP) is 2.26. The maximum atomic E-state index is 10.7. The van der Waals surface area contributed by atoms with E-state index in [1.165, 1.54) is 17.8 Å². The molecule has 0 aliphatic rings. The van der Waals surface area contributed by atoms with Crippen LogP contribution in [0, 0.1) is 21.4 Å². The number of nitro benzene ring substituents is 1. The van der Waals surface area contributed by atoms with Crippen LogP contribution in [-0.2, 0) is 0 Å².